The molecule has 1 aromatic carbocycles. The van der Waals surface area contributed by atoms with Crippen LogP contribution < -0.4 is 0 Å². The lowest BCUT2D eigenvalue weighted by Crippen LogP contribution is -2.21. The highest BCUT2D eigenvalue weighted by molar-refractivity contribution is 5.28. The van der Waals surface area contributed by atoms with Crippen LogP contribution in [0.4, 0.5) is 13.2 Å². The lowest BCUT2D eigenvalue weighted by molar-refractivity contribution is -0.0803. The van der Waals surface area contributed by atoms with Gasteiger partial charge in [-0.05, 0) is 86.7 Å². The lowest BCUT2D eigenvalue weighted by Gasteiger charge is -2.30. The molecule has 0 amide bonds. The molecule has 3 rings (SSSR count). The molecule has 0 heterocycles. The minimum Gasteiger partial charge on any atom is -0.378 e. The van der Waals surface area contributed by atoms with Crippen LogP contribution in [0.15, 0.2) is 36.4 Å². The van der Waals surface area contributed by atoms with Gasteiger partial charge in [-0.2, -0.15) is 13.2 Å². The van der Waals surface area contributed by atoms with Gasteiger partial charge in [0.2, 0.25) is 0 Å². The fourth-order valence-corrected chi connectivity index (χ4v) is 4.78. The normalized spacial score (nSPS) is 29.3. The van der Waals surface area contributed by atoms with Crippen molar-refractivity contribution in [3.8, 4) is 0 Å². The van der Waals surface area contributed by atoms with Crippen LogP contribution in [0.1, 0.15) is 87.7 Å². The molecule has 156 valence electrons. The highest BCUT2D eigenvalue weighted by Gasteiger charge is 2.26. The second-order valence-corrected chi connectivity index (χ2v) is 8.52. The van der Waals surface area contributed by atoms with Gasteiger partial charge in [0.05, 0.1) is 6.10 Å². The zero-order chi connectivity index (χ0) is 20.0. The molecule has 4 heteroatoms. The quantitative estimate of drug-likeness (QED) is 0.453. The van der Waals surface area contributed by atoms with Crippen LogP contribution >= 0.6 is 0 Å². The van der Waals surface area contributed by atoms with Crippen molar-refractivity contribution in [3.63, 3.8) is 0 Å². The van der Waals surface area contributed by atoms with Gasteiger partial charge in [0.15, 0.2) is 0 Å². The molecule has 2 saturated carbocycles. The molecular formula is C24H33F3O. The average Bonchev–Trinajstić information content (AvgIpc) is 2.71. The van der Waals surface area contributed by atoms with Gasteiger partial charge in [-0.15, -0.1) is 0 Å². The fraction of sp³-hybridized carbons (Fsp3) is 0.667. The van der Waals surface area contributed by atoms with Crippen LogP contribution in [-0.2, 0) is 4.74 Å². The van der Waals surface area contributed by atoms with Crippen molar-refractivity contribution >= 4 is 0 Å². The van der Waals surface area contributed by atoms with E-state index in [1.54, 1.807) is 0 Å². The van der Waals surface area contributed by atoms with Crippen molar-refractivity contribution in [2.45, 2.75) is 88.8 Å². The number of alkyl halides is 3. The number of hydrogen-bond acceptors (Lipinski definition) is 1. The Morgan fingerprint density at radius 1 is 0.857 bits per heavy atom. The van der Waals surface area contributed by atoms with Gasteiger partial charge < -0.3 is 4.74 Å². The molecule has 0 aromatic heterocycles. The predicted molar refractivity (Wildman–Crippen MR) is 108 cm³/mol. The van der Waals surface area contributed by atoms with E-state index in [2.05, 4.69) is 31.2 Å². The van der Waals surface area contributed by atoms with E-state index >= 15 is 0 Å². The summed E-state index contributed by atoms with van der Waals surface area (Å²) in [6.45, 7) is 3.02. The summed E-state index contributed by atoms with van der Waals surface area (Å²) in [6, 6.07) is 9.07. The largest absolute Gasteiger partial charge is 0.409 e. The van der Waals surface area contributed by atoms with Gasteiger partial charge in [0.1, 0.15) is 0 Å². The molecule has 0 saturated heterocycles. The van der Waals surface area contributed by atoms with E-state index in [9.17, 15) is 13.2 Å². The van der Waals surface area contributed by atoms with Crippen LogP contribution in [0.2, 0.25) is 0 Å². The van der Waals surface area contributed by atoms with Gasteiger partial charge in [-0.3, -0.25) is 0 Å². The van der Waals surface area contributed by atoms with Gasteiger partial charge in [-0.25, -0.2) is 0 Å². The zero-order valence-electron chi connectivity index (χ0n) is 16.9. The number of benzene rings is 1. The van der Waals surface area contributed by atoms with E-state index in [0.717, 1.165) is 51.6 Å². The molecular weight excluding hydrogens is 361 g/mol. The first kappa shape index (κ1) is 21.4. The van der Waals surface area contributed by atoms with Crippen molar-refractivity contribution in [1.29, 1.82) is 0 Å². The van der Waals surface area contributed by atoms with Crippen LogP contribution in [0, 0.1) is 5.92 Å². The first-order valence-electron chi connectivity index (χ1n) is 10.9. The summed E-state index contributed by atoms with van der Waals surface area (Å²) >= 11 is 0. The van der Waals surface area contributed by atoms with Crippen LogP contribution in [0.5, 0.6) is 0 Å². The Bertz CT molecular complexity index is 604. The summed E-state index contributed by atoms with van der Waals surface area (Å²) in [7, 11) is 0. The number of halogens is 3. The van der Waals surface area contributed by atoms with Crippen molar-refractivity contribution in [1.82, 2.24) is 0 Å². The highest BCUT2D eigenvalue weighted by atomic mass is 19.4. The maximum absolute atomic E-state index is 12.3. The number of rotatable bonds is 6. The van der Waals surface area contributed by atoms with E-state index in [4.69, 9.17) is 4.74 Å². The minimum absolute atomic E-state index is 0.0715. The topological polar surface area (TPSA) is 9.23 Å². The van der Waals surface area contributed by atoms with Crippen LogP contribution in [0.3, 0.4) is 0 Å². The standard InChI is InChI=1S/C24H33F3O/c1-2-17-28-23-13-11-22(12-14-23)21-9-7-20(8-10-21)19-5-3-18(4-6-19)15-16-24(25,26)27/h7-10,15-16,18-19,22-23H,2-6,11-14,17H2,1H3/b16-15+/t18-,19-,22-,23-. The molecule has 0 radical (unpaired) electrons. The molecule has 2 fully saturated rings. The molecule has 0 N–H and O–H groups in total. The van der Waals surface area contributed by atoms with E-state index in [1.807, 2.05) is 0 Å². The van der Waals surface area contributed by atoms with Crippen molar-refractivity contribution in [3.05, 3.63) is 47.5 Å². The first-order valence-corrected chi connectivity index (χ1v) is 10.9. The summed E-state index contributed by atoms with van der Waals surface area (Å²) in [5, 5.41) is 0. The molecule has 2 aliphatic rings. The SMILES string of the molecule is CCCO[C@H]1CC[C@H](c2ccc([C@H]3CC[C@H](/C=C/C(F)(F)F)CC3)cc2)CC1. The molecule has 0 spiro atoms. The van der Waals surface area contributed by atoms with Crippen LogP contribution in [0.25, 0.3) is 0 Å². The molecule has 1 nitrogen and oxygen atoms in total. The Kier molecular flexibility index (Phi) is 7.62. The number of allylic oxidation sites excluding steroid dienone is 2. The molecule has 28 heavy (non-hydrogen) atoms. The Morgan fingerprint density at radius 2 is 1.36 bits per heavy atom. The average molecular weight is 395 g/mol. The third-order valence-corrected chi connectivity index (χ3v) is 6.44. The molecule has 0 unspecified atom stereocenters. The van der Waals surface area contributed by atoms with Gasteiger partial charge in [0, 0.05) is 12.7 Å². The van der Waals surface area contributed by atoms with E-state index in [0.29, 0.717) is 24.0 Å². The smallest absolute Gasteiger partial charge is 0.378 e. The summed E-state index contributed by atoms with van der Waals surface area (Å²) in [6.07, 6.45) is 7.47. The van der Waals surface area contributed by atoms with E-state index in [1.165, 1.54) is 30.0 Å². The lowest BCUT2D eigenvalue weighted by atomic mass is 9.77. The molecule has 0 aliphatic heterocycles. The molecule has 0 atom stereocenters. The summed E-state index contributed by atoms with van der Waals surface area (Å²) < 4.78 is 42.9. The third-order valence-electron chi connectivity index (χ3n) is 6.44. The fourth-order valence-electron chi connectivity index (χ4n) is 4.78. The molecule has 2 aliphatic carbocycles. The Balaban J connectivity index is 1.47. The molecule has 1 aromatic rings. The van der Waals surface area contributed by atoms with Gasteiger partial charge >= 0.3 is 6.18 Å². The third kappa shape index (κ3) is 6.37. The van der Waals surface area contributed by atoms with E-state index < -0.39 is 6.18 Å². The van der Waals surface area contributed by atoms with Gasteiger partial charge in [0.25, 0.3) is 0 Å². The first-order chi connectivity index (χ1) is 13.4. The summed E-state index contributed by atoms with van der Waals surface area (Å²) in [5.74, 6) is 1.20. The maximum Gasteiger partial charge on any atom is 0.409 e. The van der Waals surface area contributed by atoms with Crippen molar-refractivity contribution < 1.29 is 17.9 Å². The van der Waals surface area contributed by atoms with Crippen LogP contribution in [-0.4, -0.2) is 18.9 Å². The second kappa shape index (κ2) is 9.96. The maximum atomic E-state index is 12.3. The molecule has 0 bridgehead atoms. The van der Waals surface area contributed by atoms with Gasteiger partial charge in [-0.1, -0.05) is 37.3 Å². The Morgan fingerprint density at radius 3 is 1.82 bits per heavy atom. The number of ether oxygens (including phenoxy) is 1. The van der Waals surface area contributed by atoms with Crippen molar-refractivity contribution in [2.24, 2.45) is 5.92 Å². The van der Waals surface area contributed by atoms with Crippen molar-refractivity contribution in [2.75, 3.05) is 6.61 Å². The minimum atomic E-state index is -4.19. The Hall–Kier alpha value is -1.29. The Labute approximate surface area is 167 Å². The second-order valence-electron chi connectivity index (χ2n) is 8.52. The highest BCUT2D eigenvalue weighted by Crippen LogP contribution is 2.39. The zero-order valence-corrected chi connectivity index (χ0v) is 16.9. The van der Waals surface area contributed by atoms with E-state index in [-0.39, 0.29) is 5.92 Å². The summed E-state index contributed by atoms with van der Waals surface area (Å²) in [5.41, 5.74) is 2.78. The predicted octanol–water partition coefficient (Wildman–Crippen LogP) is 7.53. The monoisotopic (exact) mass is 394 g/mol. The number of hydrogen-bond donors (Lipinski definition) is 0. The summed E-state index contributed by atoms with van der Waals surface area (Å²) in [4.78, 5) is 0.